The third-order valence-corrected chi connectivity index (χ3v) is 10.2. The lowest BCUT2D eigenvalue weighted by Gasteiger charge is -2.19. The summed E-state index contributed by atoms with van der Waals surface area (Å²) < 4.78 is 28.8. The number of amides is 1. The molecular formula is C36H40N6O6S. The van der Waals surface area contributed by atoms with E-state index in [9.17, 15) is 27.9 Å². The summed E-state index contributed by atoms with van der Waals surface area (Å²) in [5.74, 6) is -1.66. The summed E-state index contributed by atoms with van der Waals surface area (Å²) in [6.45, 7) is 8.79. The van der Waals surface area contributed by atoms with Crippen molar-refractivity contribution in [1.29, 1.82) is 0 Å². The summed E-state index contributed by atoms with van der Waals surface area (Å²) in [6, 6.07) is 16.6. The van der Waals surface area contributed by atoms with Crippen LogP contribution in [0, 0.1) is 34.6 Å². The smallest absolute Gasteiger partial charge is 0.323 e. The van der Waals surface area contributed by atoms with Crippen LogP contribution in [0.2, 0.25) is 0 Å². The van der Waals surface area contributed by atoms with Crippen LogP contribution in [0.5, 0.6) is 0 Å². The fourth-order valence-electron chi connectivity index (χ4n) is 5.96. The Balaban J connectivity index is 1.42. The number of carboxylic acids is 1. The highest BCUT2D eigenvalue weighted by Gasteiger charge is 2.29. The molecule has 0 radical (unpaired) electrons. The van der Waals surface area contributed by atoms with Crippen LogP contribution in [0.3, 0.4) is 0 Å². The number of benzene rings is 3. The minimum absolute atomic E-state index is 0.0196. The second-order valence-corrected chi connectivity index (χ2v) is 13.9. The van der Waals surface area contributed by atoms with Gasteiger partial charge in [0.1, 0.15) is 11.6 Å². The normalized spacial score (nSPS) is 12.2. The lowest BCUT2D eigenvalue weighted by molar-refractivity contribution is -0.138. The third kappa shape index (κ3) is 8.07. The predicted octanol–water partition coefficient (Wildman–Crippen LogP) is 4.35. The fraction of sp³-hybridized carbons (Fsp3) is 0.278. The molecule has 0 fully saturated rings. The number of aryl methyl sites for hydroxylation is 7. The topological polar surface area (TPSA) is 186 Å². The first-order valence-corrected chi connectivity index (χ1v) is 17.3. The van der Waals surface area contributed by atoms with Crippen LogP contribution in [-0.4, -0.2) is 52.9 Å². The van der Waals surface area contributed by atoms with Gasteiger partial charge in [0.2, 0.25) is 21.4 Å². The average Bonchev–Trinajstić information content (AvgIpc) is 3.36. The maximum absolute atomic E-state index is 13.9. The highest BCUT2D eigenvalue weighted by molar-refractivity contribution is 7.89. The van der Waals surface area contributed by atoms with Gasteiger partial charge >= 0.3 is 5.97 Å². The monoisotopic (exact) mass is 684 g/mol. The van der Waals surface area contributed by atoms with Crippen LogP contribution < -0.4 is 20.8 Å². The molecule has 1 unspecified atom stereocenters. The number of sulfonamides is 1. The highest BCUT2D eigenvalue weighted by atomic mass is 32.2. The number of aliphatic carboxylic acids is 1. The van der Waals surface area contributed by atoms with E-state index in [1.807, 2.05) is 57.2 Å². The van der Waals surface area contributed by atoms with Gasteiger partial charge in [0.15, 0.2) is 0 Å². The van der Waals surface area contributed by atoms with Crippen LogP contribution in [0.1, 0.15) is 55.3 Å². The lowest BCUT2D eigenvalue weighted by atomic mass is 10.0. The molecule has 0 aliphatic rings. The van der Waals surface area contributed by atoms with Crippen molar-refractivity contribution in [1.82, 2.24) is 25.0 Å². The average molecular weight is 685 g/mol. The lowest BCUT2D eigenvalue weighted by Crippen LogP contribution is -2.49. The first-order chi connectivity index (χ1) is 23.2. The standard InChI is InChI=1S/C36H40N6O6S/c1-20-15-21(2)33(22(3)16-20)49(47,48)42-30(35(45)46)19-37-34(44)31-28(14-12-25-9-7-6-8-10-25)41-29-17-26(11-13-27(29)32(31)43)18-38-36-39-23(4)24(5)40-36/h6-11,13,15-17,30,42H,12,14,18-19H2,1-5H3,(H,37,44)(H,41,43)(H,45,46)(H2,38,39,40). The number of aromatic amines is 2. The molecule has 3 aromatic carbocycles. The van der Waals surface area contributed by atoms with E-state index >= 15 is 0 Å². The molecule has 13 heteroatoms. The van der Waals surface area contributed by atoms with E-state index in [0.717, 1.165) is 28.1 Å². The quantitative estimate of drug-likeness (QED) is 0.106. The Bertz CT molecular complexity index is 2170. The van der Waals surface area contributed by atoms with Crippen molar-refractivity contribution < 1.29 is 23.1 Å². The number of carboxylic acid groups (broad SMARTS) is 1. The molecule has 49 heavy (non-hydrogen) atoms. The number of imidazole rings is 1. The number of H-pyrrole nitrogens is 2. The number of nitrogens with one attached hydrogen (secondary N) is 5. The molecule has 2 heterocycles. The summed E-state index contributed by atoms with van der Waals surface area (Å²) in [5.41, 5.74) is 5.75. The molecule has 1 atom stereocenters. The summed E-state index contributed by atoms with van der Waals surface area (Å²) >= 11 is 0. The van der Waals surface area contributed by atoms with Crippen molar-refractivity contribution in [3.8, 4) is 0 Å². The van der Waals surface area contributed by atoms with Gasteiger partial charge in [0, 0.05) is 35.4 Å². The Labute approximate surface area is 284 Å². The minimum Gasteiger partial charge on any atom is -0.480 e. The highest BCUT2D eigenvalue weighted by Crippen LogP contribution is 2.22. The first-order valence-electron chi connectivity index (χ1n) is 15.8. The third-order valence-electron chi connectivity index (χ3n) is 8.40. The van der Waals surface area contributed by atoms with Crippen LogP contribution in [0.4, 0.5) is 5.95 Å². The van der Waals surface area contributed by atoms with Gasteiger partial charge in [0.05, 0.1) is 10.6 Å². The zero-order valence-corrected chi connectivity index (χ0v) is 28.8. The maximum Gasteiger partial charge on any atom is 0.323 e. The number of aromatic nitrogens is 3. The van der Waals surface area contributed by atoms with Crippen molar-refractivity contribution in [3.63, 3.8) is 0 Å². The van der Waals surface area contributed by atoms with Gasteiger partial charge in [-0.15, -0.1) is 0 Å². The Morgan fingerprint density at radius 1 is 0.898 bits per heavy atom. The summed E-state index contributed by atoms with van der Waals surface area (Å²) in [4.78, 5) is 50.6. The number of pyridine rings is 1. The van der Waals surface area contributed by atoms with Crippen molar-refractivity contribution >= 4 is 38.8 Å². The number of fused-ring (bicyclic) bond motifs is 1. The Morgan fingerprint density at radius 2 is 1.59 bits per heavy atom. The first kappa shape index (κ1) is 35.0. The maximum atomic E-state index is 13.9. The van der Waals surface area contributed by atoms with Gasteiger partial charge in [-0.3, -0.25) is 14.4 Å². The van der Waals surface area contributed by atoms with E-state index in [-0.39, 0.29) is 15.8 Å². The molecule has 0 aliphatic carbocycles. The van der Waals surface area contributed by atoms with Crippen LogP contribution in [0.15, 0.2) is 70.4 Å². The molecule has 1 amide bonds. The zero-order valence-electron chi connectivity index (χ0n) is 28.0. The zero-order chi connectivity index (χ0) is 35.5. The molecule has 5 aromatic rings. The van der Waals surface area contributed by atoms with Gasteiger partial charge in [-0.25, -0.2) is 13.4 Å². The van der Waals surface area contributed by atoms with E-state index in [2.05, 4.69) is 30.3 Å². The number of carbonyl (C=O) groups is 2. The SMILES string of the molecule is Cc1cc(C)c(S(=O)(=O)NC(CNC(=O)c2c(CCc3ccccc3)[nH]c3cc(CNc4nc(C)c(C)[nH]4)ccc3c2=O)C(=O)O)c(C)c1. The minimum atomic E-state index is -4.27. The van der Waals surface area contributed by atoms with Gasteiger partial charge in [0.25, 0.3) is 5.91 Å². The van der Waals surface area contributed by atoms with Crippen LogP contribution in [-0.2, 0) is 34.2 Å². The number of anilines is 1. The van der Waals surface area contributed by atoms with Gasteiger partial charge in [-0.05, 0) is 81.8 Å². The largest absolute Gasteiger partial charge is 0.480 e. The summed E-state index contributed by atoms with van der Waals surface area (Å²) in [6.07, 6.45) is 0.833. The van der Waals surface area contributed by atoms with Crippen molar-refractivity contribution in [2.24, 2.45) is 0 Å². The fourth-order valence-corrected chi connectivity index (χ4v) is 7.60. The summed E-state index contributed by atoms with van der Waals surface area (Å²) in [5, 5.41) is 15.9. The molecule has 0 bridgehead atoms. The molecule has 0 saturated heterocycles. The Kier molecular flexibility index (Phi) is 10.3. The number of hydrogen-bond donors (Lipinski definition) is 6. The Hall–Kier alpha value is -5.27. The molecule has 2 aromatic heterocycles. The Morgan fingerprint density at radius 3 is 2.22 bits per heavy atom. The number of carbonyl (C=O) groups excluding carboxylic acids is 1. The van der Waals surface area contributed by atoms with E-state index in [1.54, 1.807) is 38.1 Å². The van der Waals surface area contributed by atoms with Crippen LogP contribution in [0.25, 0.3) is 10.9 Å². The second kappa shape index (κ2) is 14.5. The van der Waals surface area contributed by atoms with Crippen molar-refractivity contribution in [2.45, 2.75) is 64.9 Å². The number of rotatable bonds is 13. The second-order valence-electron chi connectivity index (χ2n) is 12.3. The molecule has 0 aliphatic heterocycles. The molecule has 256 valence electrons. The van der Waals surface area contributed by atoms with Crippen molar-refractivity contribution in [3.05, 3.63) is 121 Å². The van der Waals surface area contributed by atoms with Gasteiger partial charge in [-0.2, -0.15) is 4.72 Å². The predicted molar refractivity (Wildman–Crippen MR) is 189 cm³/mol. The molecule has 5 rings (SSSR count). The number of nitrogens with zero attached hydrogens (tertiary/aromatic N) is 1. The van der Waals surface area contributed by atoms with Gasteiger partial charge < -0.3 is 25.7 Å². The number of hydrogen-bond acceptors (Lipinski definition) is 7. The molecular weight excluding hydrogens is 644 g/mol. The molecule has 12 nitrogen and oxygen atoms in total. The van der Waals surface area contributed by atoms with E-state index in [0.29, 0.717) is 47.7 Å². The molecule has 0 saturated carbocycles. The van der Waals surface area contributed by atoms with E-state index in [4.69, 9.17) is 0 Å². The molecule has 6 N–H and O–H groups in total. The molecule has 0 spiro atoms. The van der Waals surface area contributed by atoms with E-state index < -0.39 is 39.9 Å². The van der Waals surface area contributed by atoms with Crippen LogP contribution >= 0.6 is 0 Å². The van der Waals surface area contributed by atoms with E-state index in [1.165, 1.54) is 0 Å². The van der Waals surface area contributed by atoms with Gasteiger partial charge in [-0.1, -0.05) is 54.1 Å². The summed E-state index contributed by atoms with van der Waals surface area (Å²) in [7, 11) is -4.27. The van der Waals surface area contributed by atoms with Crippen molar-refractivity contribution in [2.75, 3.05) is 11.9 Å².